The number of carbonyl (C=O) groups is 1. The minimum atomic E-state index is -0.236. The molecular formula is C17H22ClFN2OS. The van der Waals surface area contributed by atoms with Gasteiger partial charge in [0.2, 0.25) is 5.91 Å². The summed E-state index contributed by atoms with van der Waals surface area (Å²) in [5, 5.41) is 2.90. The summed E-state index contributed by atoms with van der Waals surface area (Å²) >= 11 is 1.59. The molecule has 0 aliphatic carbocycles. The van der Waals surface area contributed by atoms with Crippen molar-refractivity contribution in [3.63, 3.8) is 0 Å². The molecular weight excluding hydrogens is 335 g/mol. The predicted molar refractivity (Wildman–Crippen MR) is 96.6 cm³/mol. The minimum absolute atomic E-state index is 0. The lowest BCUT2D eigenvalue weighted by molar-refractivity contribution is -0.132. The molecule has 1 heterocycles. The monoisotopic (exact) mass is 356 g/mol. The van der Waals surface area contributed by atoms with Crippen molar-refractivity contribution in [2.45, 2.75) is 26.4 Å². The molecule has 1 N–H and O–H groups in total. The van der Waals surface area contributed by atoms with Crippen LogP contribution in [-0.4, -0.2) is 30.4 Å². The SMILES string of the molecule is CNCC(=O)N(Cc1ccc(-c2cccc(F)c2)s1)C(C)C.Cl. The smallest absolute Gasteiger partial charge is 0.237 e. The number of carbonyl (C=O) groups excluding carboxylic acids is 1. The lowest BCUT2D eigenvalue weighted by atomic mass is 10.2. The summed E-state index contributed by atoms with van der Waals surface area (Å²) in [7, 11) is 1.77. The average Bonchev–Trinajstić information content (AvgIpc) is 2.93. The molecule has 0 bridgehead atoms. The van der Waals surface area contributed by atoms with Crippen molar-refractivity contribution in [3.05, 3.63) is 47.1 Å². The number of hydrogen-bond acceptors (Lipinski definition) is 3. The summed E-state index contributed by atoms with van der Waals surface area (Å²) in [4.78, 5) is 16.1. The molecule has 0 atom stereocenters. The molecule has 0 saturated heterocycles. The molecule has 3 nitrogen and oxygen atoms in total. The van der Waals surface area contributed by atoms with Gasteiger partial charge in [-0.15, -0.1) is 23.7 Å². The number of nitrogens with one attached hydrogen (secondary N) is 1. The Balaban J connectivity index is 0.00000264. The third kappa shape index (κ3) is 5.30. The standard InChI is InChI=1S/C17H21FN2OS.ClH/c1-12(2)20(17(21)10-19-3)11-15-7-8-16(22-15)13-5-4-6-14(18)9-13;/h4-9,12,19H,10-11H2,1-3H3;1H. The predicted octanol–water partition coefficient (Wildman–Crippen LogP) is 3.93. The molecule has 1 amide bonds. The number of likely N-dealkylation sites (N-methyl/N-ethyl adjacent to an activating group) is 1. The Morgan fingerprint density at radius 3 is 2.65 bits per heavy atom. The van der Waals surface area contributed by atoms with Gasteiger partial charge in [0.1, 0.15) is 5.82 Å². The minimum Gasteiger partial charge on any atom is -0.334 e. The number of benzene rings is 1. The van der Waals surface area contributed by atoms with Crippen molar-refractivity contribution in [2.24, 2.45) is 0 Å². The number of amides is 1. The maximum absolute atomic E-state index is 13.3. The average molecular weight is 357 g/mol. The van der Waals surface area contributed by atoms with Crippen molar-refractivity contribution in [1.29, 1.82) is 0 Å². The summed E-state index contributed by atoms with van der Waals surface area (Å²) < 4.78 is 13.3. The second-order valence-corrected chi connectivity index (χ2v) is 6.59. The van der Waals surface area contributed by atoms with Gasteiger partial charge in [-0.25, -0.2) is 4.39 Å². The van der Waals surface area contributed by atoms with Crippen LogP contribution in [0.1, 0.15) is 18.7 Å². The molecule has 0 radical (unpaired) electrons. The third-order valence-corrected chi connectivity index (χ3v) is 4.49. The maximum atomic E-state index is 13.3. The van der Waals surface area contributed by atoms with Crippen molar-refractivity contribution in [3.8, 4) is 10.4 Å². The van der Waals surface area contributed by atoms with E-state index in [0.717, 1.165) is 15.3 Å². The van der Waals surface area contributed by atoms with Gasteiger partial charge in [-0.2, -0.15) is 0 Å². The van der Waals surface area contributed by atoms with E-state index in [2.05, 4.69) is 5.32 Å². The Morgan fingerprint density at radius 1 is 1.30 bits per heavy atom. The fourth-order valence-corrected chi connectivity index (χ4v) is 3.24. The third-order valence-electron chi connectivity index (χ3n) is 3.37. The second kappa shape index (κ2) is 9.01. The highest BCUT2D eigenvalue weighted by Crippen LogP contribution is 2.29. The summed E-state index contributed by atoms with van der Waals surface area (Å²) in [6.07, 6.45) is 0. The molecule has 6 heteroatoms. The van der Waals surface area contributed by atoms with Gasteiger partial charge >= 0.3 is 0 Å². The zero-order valence-corrected chi connectivity index (χ0v) is 15.1. The van der Waals surface area contributed by atoms with Crippen LogP contribution in [0.5, 0.6) is 0 Å². The summed E-state index contributed by atoms with van der Waals surface area (Å²) in [5.41, 5.74) is 0.869. The normalized spacial score (nSPS) is 10.5. The molecule has 1 aromatic carbocycles. The number of halogens is 2. The van der Waals surface area contributed by atoms with Crippen LogP contribution in [0.15, 0.2) is 36.4 Å². The van der Waals surface area contributed by atoms with Gasteiger partial charge < -0.3 is 10.2 Å². The van der Waals surface area contributed by atoms with Gasteiger partial charge in [0, 0.05) is 15.8 Å². The molecule has 1 aromatic heterocycles. The van der Waals surface area contributed by atoms with E-state index in [1.807, 2.05) is 36.9 Å². The zero-order chi connectivity index (χ0) is 16.1. The van der Waals surface area contributed by atoms with Crippen LogP contribution in [0.25, 0.3) is 10.4 Å². The van der Waals surface area contributed by atoms with Gasteiger partial charge in [-0.1, -0.05) is 12.1 Å². The van der Waals surface area contributed by atoms with E-state index in [9.17, 15) is 9.18 Å². The van der Waals surface area contributed by atoms with Crippen molar-refractivity contribution in [1.82, 2.24) is 10.2 Å². The summed E-state index contributed by atoms with van der Waals surface area (Å²) in [6, 6.07) is 10.7. The molecule has 0 fully saturated rings. The molecule has 126 valence electrons. The van der Waals surface area contributed by atoms with E-state index in [1.54, 1.807) is 24.5 Å². The summed E-state index contributed by atoms with van der Waals surface area (Å²) in [6.45, 7) is 4.93. The van der Waals surface area contributed by atoms with E-state index >= 15 is 0 Å². The molecule has 23 heavy (non-hydrogen) atoms. The number of nitrogens with zero attached hydrogens (tertiary/aromatic N) is 1. The highest BCUT2D eigenvalue weighted by atomic mass is 35.5. The van der Waals surface area contributed by atoms with E-state index in [-0.39, 0.29) is 30.2 Å². The van der Waals surface area contributed by atoms with E-state index in [1.165, 1.54) is 12.1 Å². The first kappa shape index (κ1) is 19.6. The van der Waals surface area contributed by atoms with E-state index < -0.39 is 0 Å². The fourth-order valence-electron chi connectivity index (χ4n) is 2.24. The van der Waals surface area contributed by atoms with Crippen LogP contribution in [0, 0.1) is 5.82 Å². The topological polar surface area (TPSA) is 32.3 Å². The maximum Gasteiger partial charge on any atom is 0.237 e. The van der Waals surface area contributed by atoms with E-state index in [4.69, 9.17) is 0 Å². The van der Waals surface area contributed by atoms with Gasteiger partial charge in [-0.3, -0.25) is 4.79 Å². The fraction of sp³-hybridized carbons (Fsp3) is 0.353. The van der Waals surface area contributed by atoms with Gasteiger partial charge in [0.25, 0.3) is 0 Å². The van der Waals surface area contributed by atoms with Crippen LogP contribution in [0.3, 0.4) is 0 Å². The van der Waals surface area contributed by atoms with Gasteiger partial charge in [-0.05, 0) is 50.7 Å². The largest absolute Gasteiger partial charge is 0.334 e. The van der Waals surface area contributed by atoms with Crippen molar-refractivity contribution >= 4 is 29.7 Å². The first-order valence-electron chi connectivity index (χ1n) is 7.30. The number of thiophene rings is 1. The molecule has 0 saturated carbocycles. The van der Waals surface area contributed by atoms with Gasteiger partial charge in [0.05, 0.1) is 13.1 Å². The lowest BCUT2D eigenvalue weighted by Crippen LogP contribution is -2.40. The van der Waals surface area contributed by atoms with Crippen LogP contribution in [0.2, 0.25) is 0 Å². The highest BCUT2D eigenvalue weighted by Gasteiger charge is 2.17. The summed E-state index contributed by atoms with van der Waals surface area (Å²) in [5.74, 6) is -0.154. The van der Waals surface area contributed by atoms with Crippen LogP contribution >= 0.6 is 23.7 Å². The van der Waals surface area contributed by atoms with Crippen molar-refractivity contribution < 1.29 is 9.18 Å². The first-order chi connectivity index (χ1) is 10.5. The zero-order valence-electron chi connectivity index (χ0n) is 13.5. The van der Waals surface area contributed by atoms with Crippen LogP contribution < -0.4 is 5.32 Å². The molecule has 0 aliphatic heterocycles. The Morgan fingerprint density at radius 2 is 2.04 bits per heavy atom. The molecule has 0 aliphatic rings. The lowest BCUT2D eigenvalue weighted by Gasteiger charge is -2.26. The Kier molecular flexibility index (Phi) is 7.68. The van der Waals surface area contributed by atoms with Gasteiger partial charge in [0.15, 0.2) is 0 Å². The first-order valence-corrected chi connectivity index (χ1v) is 8.11. The molecule has 2 rings (SSSR count). The van der Waals surface area contributed by atoms with Crippen molar-refractivity contribution in [2.75, 3.05) is 13.6 Å². The van der Waals surface area contributed by atoms with Crippen LogP contribution in [-0.2, 0) is 11.3 Å². The second-order valence-electron chi connectivity index (χ2n) is 5.42. The highest BCUT2D eigenvalue weighted by molar-refractivity contribution is 7.15. The Bertz CT molecular complexity index is 645. The number of rotatable bonds is 6. The molecule has 0 unspecified atom stereocenters. The Labute approximate surface area is 146 Å². The quantitative estimate of drug-likeness (QED) is 0.850. The number of hydrogen-bond donors (Lipinski definition) is 1. The molecule has 0 spiro atoms. The van der Waals surface area contributed by atoms with E-state index in [0.29, 0.717) is 13.1 Å². The molecule has 2 aromatic rings. The van der Waals surface area contributed by atoms with Crippen LogP contribution in [0.4, 0.5) is 4.39 Å². The Hall–Kier alpha value is -1.43.